The van der Waals surface area contributed by atoms with Gasteiger partial charge in [0.05, 0.1) is 12.2 Å². The Morgan fingerprint density at radius 2 is 2.11 bits per heavy atom. The van der Waals surface area contributed by atoms with Gasteiger partial charge in [-0.3, -0.25) is 10.1 Å². The molecule has 3 nitrogen and oxygen atoms in total. The van der Waals surface area contributed by atoms with Crippen LogP contribution in [0.2, 0.25) is 0 Å². The molecule has 0 aromatic carbocycles. The van der Waals surface area contributed by atoms with Gasteiger partial charge in [-0.15, -0.1) is 0 Å². The van der Waals surface area contributed by atoms with Crippen molar-refractivity contribution in [3.63, 3.8) is 0 Å². The number of carbonyl (C=O) groups is 1. The highest BCUT2D eigenvalue weighted by Crippen LogP contribution is 2.42. The van der Waals surface area contributed by atoms with Gasteiger partial charge in [0, 0.05) is 6.54 Å². The second kappa shape index (κ2) is 5.82. The van der Waals surface area contributed by atoms with Gasteiger partial charge in [0.1, 0.15) is 0 Å². The zero-order valence-corrected chi connectivity index (χ0v) is 13.0. The zero-order chi connectivity index (χ0) is 14.0. The summed E-state index contributed by atoms with van der Waals surface area (Å²) in [5.74, 6) is 0.833. The fraction of sp³-hybridized carbons (Fsp3) is 0.938. The molecule has 1 saturated carbocycles. The quantitative estimate of drug-likeness (QED) is 0.801. The van der Waals surface area contributed by atoms with E-state index < -0.39 is 0 Å². The van der Waals surface area contributed by atoms with Crippen molar-refractivity contribution in [1.29, 1.82) is 0 Å². The third-order valence-electron chi connectivity index (χ3n) is 4.88. The summed E-state index contributed by atoms with van der Waals surface area (Å²) in [6.07, 6.45) is 7.42. The summed E-state index contributed by atoms with van der Waals surface area (Å²) in [5, 5.41) is 3.57. The maximum atomic E-state index is 12.6. The van der Waals surface area contributed by atoms with Gasteiger partial charge in [0.2, 0.25) is 5.91 Å². The van der Waals surface area contributed by atoms with Crippen LogP contribution in [0.15, 0.2) is 0 Å². The van der Waals surface area contributed by atoms with Crippen molar-refractivity contribution in [3.05, 3.63) is 0 Å². The van der Waals surface area contributed by atoms with Crippen molar-refractivity contribution in [1.82, 2.24) is 10.2 Å². The van der Waals surface area contributed by atoms with Crippen molar-refractivity contribution < 1.29 is 4.79 Å². The molecule has 0 radical (unpaired) electrons. The zero-order valence-electron chi connectivity index (χ0n) is 13.0. The van der Waals surface area contributed by atoms with Crippen LogP contribution in [-0.4, -0.2) is 29.6 Å². The lowest BCUT2D eigenvalue weighted by Gasteiger charge is -2.43. The van der Waals surface area contributed by atoms with E-state index in [2.05, 4.69) is 37.9 Å². The SMILES string of the molecule is CCCCC1NC(C(C)C)N(CC2(C)CCC2)C1=O. The topological polar surface area (TPSA) is 32.3 Å². The summed E-state index contributed by atoms with van der Waals surface area (Å²) in [4.78, 5) is 14.8. The van der Waals surface area contributed by atoms with E-state index in [0.29, 0.717) is 17.2 Å². The standard InChI is InChI=1S/C16H30N2O/c1-5-6-8-13-15(19)18(14(17-13)12(2)3)11-16(4)9-7-10-16/h12-14,17H,5-11H2,1-4H3. The van der Waals surface area contributed by atoms with Crippen LogP contribution >= 0.6 is 0 Å². The third-order valence-corrected chi connectivity index (χ3v) is 4.88. The predicted molar refractivity (Wildman–Crippen MR) is 78.7 cm³/mol. The molecule has 2 unspecified atom stereocenters. The molecule has 1 aliphatic carbocycles. The molecule has 2 fully saturated rings. The van der Waals surface area contributed by atoms with Crippen molar-refractivity contribution >= 4 is 5.91 Å². The summed E-state index contributed by atoms with van der Waals surface area (Å²) >= 11 is 0. The molecule has 3 heteroatoms. The number of unbranched alkanes of at least 4 members (excludes halogenated alkanes) is 1. The van der Waals surface area contributed by atoms with Crippen LogP contribution in [0.4, 0.5) is 0 Å². The van der Waals surface area contributed by atoms with Crippen molar-refractivity contribution in [2.75, 3.05) is 6.54 Å². The monoisotopic (exact) mass is 266 g/mol. The third kappa shape index (κ3) is 3.13. The van der Waals surface area contributed by atoms with Crippen LogP contribution < -0.4 is 5.32 Å². The number of nitrogens with one attached hydrogen (secondary N) is 1. The van der Waals surface area contributed by atoms with E-state index in [1.54, 1.807) is 0 Å². The van der Waals surface area contributed by atoms with E-state index in [9.17, 15) is 4.79 Å². The van der Waals surface area contributed by atoms with Crippen molar-refractivity contribution in [2.24, 2.45) is 11.3 Å². The lowest BCUT2D eigenvalue weighted by Crippen LogP contribution is -2.48. The van der Waals surface area contributed by atoms with Crippen molar-refractivity contribution in [2.45, 2.75) is 78.4 Å². The summed E-state index contributed by atoms with van der Waals surface area (Å²) in [5.41, 5.74) is 0.379. The maximum absolute atomic E-state index is 12.6. The van der Waals surface area contributed by atoms with Crippen LogP contribution in [-0.2, 0) is 4.79 Å². The molecule has 2 rings (SSSR count). The van der Waals surface area contributed by atoms with Crippen LogP contribution in [0.25, 0.3) is 0 Å². The number of hydrogen-bond acceptors (Lipinski definition) is 2. The molecule has 2 atom stereocenters. The van der Waals surface area contributed by atoms with Crippen molar-refractivity contribution in [3.8, 4) is 0 Å². The maximum Gasteiger partial charge on any atom is 0.241 e. The molecule has 1 saturated heterocycles. The van der Waals surface area contributed by atoms with Gasteiger partial charge >= 0.3 is 0 Å². The summed E-state index contributed by atoms with van der Waals surface area (Å²) in [6, 6.07) is 0.0658. The molecule has 0 spiro atoms. The summed E-state index contributed by atoms with van der Waals surface area (Å²) < 4.78 is 0. The van der Waals surface area contributed by atoms with Crippen LogP contribution in [0.5, 0.6) is 0 Å². The first kappa shape index (κ1) is 14.8. The molecule has 1 aliphatic heterocycles. The molecule has 2 aliphatic rings. The Balaban J connectivity index is 2.02. The Kier molecular flexibility index (Phi) is 4.54. The Morgan fingerprint density at radius 3 is 2.58 bits per heavy atom. The van der Waals surface area contributed by atoms with Gasteiger partial charge in [-0.2, -0.15) is 0 Å². The normalized spacial score (nSPS) is 29.9. The van der Waals surface area contributed by atoms with Crippen LogP contribution in [0.3, 0.4) is 0 Å². The van der Waals surface area contributed by atoms with Gasteiger partial charge in [-0.25, -0.2) is 0 Å². The molecule has 1 amide bonds. The van der Waals surface area contributed by atoms with E-state index in [-0.39, 0.29) is 12.2 Å². The molecule has 19 heavy (non-hydrogen) atoms. The average molecular weight is 266 g/mol. The molecular weight excluding hydrogens is 236 g/mol. The predicted octanol–water partition coefficient (Wildman–Crippen LogP) is 3.15. The molecular formula is C16H30N2O. The van der Waals surface area contributed by atoms with E-state index in [0.717, 1.165) is 25.8 Å². The average Bonchev–Trinajstić information content (AvgIpc) is 2.63. The van der Waals surface area contributed by atoms with Crippen LogP contribution in [0.1, 0.15) is 66.2 Å². The first-order chi connectivity index (χ1) is 8.97. The lowest BCUT2D eigenvalue weighted by atomic mass is 9.70. The van der Waals surface area contributed by atoms with Crippen LogP contribution in [0, 0.1) is 11.3 Å². The van der Waals surface area contributed by atoms with Gasteiger partial charge < -0.3 is 4.90 Å². The van der Waals surface area contributed by atoms with E-state index in [1.165, 1.54) is 19.3 Å². The Hall–Kier alpha value is -0.570. The minimum atomic E-state index is 0.0658. The summed E-state index contributed by atoms with van der Waals surface area (Å²) in [6.45, 7) is 9.89. The first-order valence-corrected chi connectivity index (χ1v) is 8.03. The largest absolute Gasteiger partial charge is 0.325 e. The molecule has 1 N–H and O–H groups in total. The Bertz CT molecular complexity index is 323. The molecule has 0 bridgehead atoms. The molecule has 1 heterocycles. The van der Waals surface area contributed by atoms with Gasteiger partial charge in [-0.05, 0) is 30.6 Å². The van der Waals surface area contributed by atoms with E-state index >= 15 is 0 Å². The van der Waals surface area contributed by atoms with Gasteiger partial charge in [-0.1, -0.05) is 47.0 Å². The number of nitrogens with zero attached hydrogens (tertiary/aromatic N) is 1. The molecule has 0 aromatic rings. The van der Waals surface area contributed by atoms with Gasteiger partial charge in [0.15, 0.2) is 0 Å². The Labute approximate surface area is 118 Å². The minimum absolute atomic E-state index is 0.0658. The number of amides is 1. The van der Waals surface area contributed by atoms with Gasteiger partial charge in [0.25, 0.3) is 0 Å². The second-order valence-electron chi connectivity index (χ2n) is 7.18. The number of carbonyl (C=O) groups excluding carboxylic acids is 1. The second-order valence-corrected chi connectivity index (χ2v) is 7.18. The smallest absolute Gasteiger partial charge is 0.241 e. The first-order valence-electron chi connectivity index (χ1n) is 8.03. The van der Waals surface area contributed by atoms with E-state index in [4.69, 9.17) is 0 Å². The Morgan fingerprint density at radius 1 is 1.42 bits per heavy atom. The number of rotatable bonds is 6. The molecule has 0 aromatic heterocycles. The fourth-order valence-corrected chi connectivity index (χ4v) is 3.40. The molecule has 110 valence electrons. The minimum Gasteiger partial charge on any atom is -0.325 e. The summed E-state index contributed by atoms with van der Waals surface area (Å²) in [7, 11) is 0. The highest BCUT2D eigenvalue weighted by Gasteiger charge is 2.44. The highest BCUT2D eigenvalue weighted by molar-refractivity contribution is 5.84. The highest BCUT2D eigenvalue weighted by atomic mass is 16.2. The number of hydrogen-bond donors (Lipinski definition) is 1. The lowest BCUT2D eigenvalue weighted by molar-refractivity contribution is -0.133. The van der Waals surface area contributed by atoms with E-state index in [1.807, 2.05) is 0 Å². The fourth-order valence-electron chi connectivity index (χ4n) is 3.40.